The van der Waals surface area contributed by atoms with E-state index in [1.54, 1.807) is 12.0 Å². The van der Waals surface area contributed by atoms with Crippen molar-refractivity contribution in [2.24, 2.45) is 0 Å². The van der Waals surface area contributed by atoms with Crippen molar-refractivity contribution in [3.8, 4) is 11.5 Å². The van der Waals surface area contributed by atoms with Crippen LogP contribution in [0.3, 0.4) is 0 Å². The summed E-state index contributed by atoms with van der Waals surface area (Å²) in [7, 11) is 1.64. The summed E-state index contributed by atoms with van der Waals surface area (Å²) >= 11 is 6.59. The number of carbonyl (C=O) groups excluding carboxylic acids is 1. The van der Waals surface area contributed by atoms with Crippen LogP contribution in [0.2, 0.25) is 0 Å². The van der Waals surface area contributed by atoms with E-state index in [4.69, 9.17) is 21.7 Å². The lowest BCUT2D eigenvalue weighted by atomic mass is 10.1. The van der Waals surface area contributed by atoms with Crippen LogP contribution in [0.15, 0.2) is 53.4 Å². The molecule has 134 valence electrons. The molecule has 1 fully saturated rings. The first kappa shape index (κ1) is 18.5. The highest BCUT2D eigenvalue weighted by Gasteiger charge is 2.30. The highest BCUT2D eigenvalue weighted by Crippen LogP contribution is 2.34. The van der Waals surface area contributed by atoms with E-state index in [0.29, 0.717) is 22.4 Å². The zero-order valence-corrected chi connectivity index (χ0v) is 16.2. The molecule has 3 rings (SSSR count). The molecular formula is C20H19NO3S2. The number of likely N-dealkylation sites (N-methyl/N-ethyl adjacent to an activating group) is 1. The summed E-state index contributed by atoms with van der Waals surface area (Å²) in [5.41, 5.74) is 1.86. The van der Waals surface area contributed by atoms with Crippen LogP contribution in [0.4, 0.5) is 0 Å². The average Bonchev–Trinajstić information content (AvgIpc) is 2.94. The fraction of sp³-hybridized carbons (Fsp3) is 0.200. The molecule has 0 radical (unpaired) electrons. The highest BCUT2D eigenvalue weighted by atomic mass is 32.2. The summed E-state index contributed by atoms with van der Waals surface area (Å²) in [5, 5.41) is 0. The van der Waals surface area contributed by atoms with Crippen molar-refractivity contribution in [3.05, 3.63) is 64.6 Å². The van der Waals surface area contributed by atoms with E-state index in [0.717, 1.165) is 22.6 Å². The first-order chi connectivity index (χ1) is 12.6. The molecule has 0 atom stereocenters. The van der Waals surface area contributed by atoms with Crippen molar-refractivity contribution in [1.29, 1.82) is 0 Å². The number of nitrogens with zero attached hydrogens (tertiary/aromatic N) is 1. The zero-order valence-electron chi connectivity index (χ0n) is 14.6. The van der Waals surface area contributed by atoms with E-state index in [1.807, 2.05) is 61.5 Å². The molecule has 1 saturated heterocycles. The van der Waals surface area contributed by atoms with Gasteiger partial charge in [0.15, 0.2) is 0 Å². The minimum absolute atomic E-state index is 0.0508. The smallest absolute Gasteiger partial charge is 0.266 e. The van der Waals surface area contributed by atoms with Crippen molar-refractivity contribution >= 4 is 40.3 Å². The van der Waals surface area contributed by atoms with Gasteiger partial charge in [-0.05, 0) is 36.8 Å². The van der Waals surface area contributed by atoms with Crippen LogP contribution in [0.1, 0.15) is 18.1 Å². The van der Waals surface area contributed by atoms with Gasteiger partial charge in [-0.2, -0.15) is 0 Å². The molecule has 1 aliphatic rings. The summed E-state index contributed by atoms with van der Waals surface area (Å²) in [5.74, 6) is 1.46. The summed E-state index contributed by atoms with van der Waals surface area (Å²) in [6, 6.07) is 15.4. The molecule has 0 saturated carbocycles. The second-order valence-corrected chi connectivity index (χ2v) is 7.28. The van der Waals surface area contributed by atoms with Crippen molar-refractivity contribution in [3.63, 3.8) is 0 Å². The molecule has 0 unspecified atom stereocenters. The molecule has 1 heterocycles. The monoisotopic (exact) mass is 385 g/mol. The molecule has 1 aliphatic heterocycles. The number of amides is 1. The number of hydrogen-bond acceptors (Lipinski definition) is 5. The van der Waals surface area contributed by atoms with E-state index in [-0.39, 0.29) is 5.91 Å². The summed E-state index contributed by atoms with van der Waals surface area (Å²) in [6.07, 6.45) is 1.84. The molecule has 2 aromatic rings. The maximum Gasteiger partial charge on any atom is 0.266 e. The summed E-state index contributed by atoms with van der Waals surface area (Å²) < 4.78 is 11.8. The van der Waals surface area contributed by atoms with E-state index >= 15 is 0 Å². The second kappa shape index (κ2) is 8.38. The molecule has 0 bridgehead atoms. The first-order valence-electron chi connectivity index (χ1n) is 8.22. The second-order valence-electron chi connectivity index (χ2n) is 5.60. The fourth-order valence-corrected chi connectivity index (χ4v) is 3.94. The predicted octanol–water partition coefficient (Wildman–Crippen LogP) is 4.50. The van der Waals surface area contributed by atoms with Crippen LogP contribution >= 0.6 is 24.0 Å². The third-order valence-corrected chi connectivity index (χ3v) is 5.30. The van der Waals surface area contributed by atoms with Crippen LogP contribution < -0.4 is 9.47 Å². The topological polar surface area (TPSA) is 38.8 Å². The number of hydrogen-bond donors (Lipinski definition) is 0. The van der Waals surface area contributed by atoms with Gasteiger partial charge in [0, 0.05) is 12.1 Å². The third-order valence-electron chi connectivity index (χ3n) is 3.92. The third kappa shape index (κ3) is 4.08. The lowest BCUT2D eigenvalue weighted by Gasteiger charge is -2.11. The van der Waals surface area contributed by atoms with Crippen LogP contribution in [0.5, 0.6) is 11.5 Å². The molecule has 0 spiro atoms. The van der Waals surface area contributed by atoms with Crippen molar-refractivity contribution in [1.82, 2.24) is 4.90 Å². The molecular weight excluding hydrogens is 366 g/mol. The normalized spacial score (nSPS) is 15.6. The van der Waals surface area contributed by atoms with E-state index in [9.17, 15) is 4.79 Å². The first-order valence-corrected chi connectivity index (χ1v) is 9.45. The summed E-state index contributed by atoms with van der Waals surface area (Å²) in [6.45, 7) is 2.91. The SMILES string of the molecule is CCN1C(=O)/C(=C/c2ccccc2OCc2cccc(OC)c2)SC1=S. The molecule has 26 heavy (non-hydrogen) atoms. The van der Waals surface area contributed by atoms with Gasteiger partial charge in [-0.15, -0.1) is 0 Å². The number of thiocarbonyl (C=S) groups is 1. The Labute approximate surface area is 162 Å². The lowest BCUT2D eigenvalue weighted by Crippen LogP contribution is -2.27. The van der Waals surface area contributed by atoms with Gasteiger partial charge in [-0.3, -0.25) is 9.69 Å². The van der Waals surface area contributed by atoms with Gasteiger partial charge in [0.25, 0.3) is 5.91 Å². The van der Waals surface area contributed by atoms with Gasteiger partial charge in [0.05, 0.1) is 12.0 Å². The molecule has 6 heteroatoms. The Morgan fingerprint density at radius 1 is 1.19 bits per heavy atom. The highest BCUT2D eigenvalue weighted by molar-refractivity contribution is 8.26. The number of methoxy groups -OCH3 is 1. The number of benzene rings is 2. The fourth-order valence-electron chi connectivity index (χ4n) is 2.57. The molecule has 0 aromatic heterocycles. The predicted molar refractivity (Wildman–Crippen MR) is 109 cm³/mol. The van der Waals surface area contributed by atoms with Crippen molar-refractivity contribution in [2.45, 2.75) is 13.5 Å². The quantitative estimate of drug-likeness (QED) is 0.541. The Morgan fingerprint density at radius 2 is 2.00 bits per heavy atom. The molecule has 0 aliphatic carbocycles. The van der Waals surface area contributed by atoms with Crippen molar-refractivity contribution in [2.75, 3.05) is 13.7 Å². The number of carbonyl (C=O) groups is 1. The van der Waals surface area contributed by atoms with Gasteiger partial charge in [-0.1, -0.05) is 54.3 Å². The largest absolute Gasteiger partial charge is 0.497 e. The van der Waals surface area contributed by atoms with Gasteiger partial charge >= 0.3 is 0 Å². The molecule has 4 nitrogen and oxygen atoms in total. The Kier molecular flexibility index (Phi) is 5.96. The van der Waals surface area contributed by atoms with Gasteiger partial charge < -0.3 is 9.47 Å². The Balaban J connectivity index is 1.79. The van der Waals surface area contributed by atoms with Crippen LogP contribution in [0.25, 0.3) is 6.08 Å². The zero-order chi connectivity index (χ0) is 18.5. The van der Waals surface area contributed by atoms with Crippen LogP contribution in [-0.4, -0.2) is 28.8 Å². The number of para-hydroxylation sites is 1. The average molecular weight is 386 g/mol. The van der Waals surface area contributed by atoms with Crippen molar-refractivity contribution < 1.29 is 14.3 Å². The summed E-state index contributed by atoms with van der Waals surface area (Å²) in [4.78, 5) is 14.6. The molecule has 1 amide bonds. The minimum atomic E-state index is -0.0508. The minimum Gasteiger partial charge on any atom is -0.497 e. The van der Waals surface area contributed by atoms with E-state index in [1.165, 1.54) is 11.8 Å². The number of thioether (sulfide) groups is 1. The standard InChI is InChI=1S/C20H19NO3S2/c1-3-21-19(22)18(26-20(21)25)12-15-8-4-5-10-17(15)24-13-14-7-6-9-16(11-14)23-2/h4-12H,3,13H2,1-2H3/b18-12-. The van der Waals surface area contributed by atoms with Gasteiger partial charge in [-0.25, -0.2) is 0 Å². The Morgan fingerprint density at radius 3 is 2.73 bits per heavy atom. The van der Waals surface area contributed by atoms with E-state index in [2.05, 4.69) is 0 Å². The van der Waals surface area contributed by atoms with E-state index < -0.39 is 0 Å². The van der Waals surface area contributed by atoms with Crippen LogP contribution in [-0.2, 0) is 11.4 Å². The number of rotatable bonds is 6. The molecule has 0 N–H and O–H groups in total. The maximum atomic E-state index is 12.4. The van der Waals surface area contributed by atoms with Gasteiger partial charge in [0.2, 0.25) is 0 Å². The maximum absolute atomic E-state index is 12.4. The molecule has 2 aromatic carbocycles. The Bertz CT molecular complexity index is 864. The lowest BCUT2D eigenvalue weighted by molar-refractivity contribution is -0.121. The van der Waals surface area contributed by atoms with Gasteiger partial charge in [0.1, 0.15) is 22.4 Å². The Hall–Kier alpha value is -2.31. The number of ether oxygens (including phenoxy) is 2. The van der Waals surface area contributed by atoms with Crippen LogP contribution in [0, 0.1) is 0 Å².